The second-order valence-electron chi connectivity index (χ2n) is 5.54. The van der Waals surface area contributed by atoms with Crippen LogP contribution < -0.4 is 4.90 Å². The SMILES string of the molecule is CC(=NCCC[NH+](C)C)C1C(=O)c2ccccc2C1=O. The van der Waals surface area contributed by atoms with E-state index in [1.165, 1.54) is 4.90 Å². The fourth-order valence-corrected chi connectivity index (χ4v) is 2.50. The van der Waals surface area contributed by atoms with Crippen molar-refractivity contribution >= 4 is 17.3 Å². The summed E-state index contributed by atoms with van der Waals surface area (Å²) in [5.74, 6) is -0.908. The largest absolute Gasteiger partial charge is 0.340 e. The van der Waals surface area contributed by atoms with Crippen LogP contribution in [0.2, 0.25) is 0 Å². The van der Waals surface area contributed by atoms with E-state index in [0.717, 1.165) is 13.0 Å². The highest BCUT2D eigenvalue weighted by atomic mass is 16.2. The molecule has 4 heteroatoms. The van der Waals surface area contributed by atoms with E-state index in [4.69, 9.17) is 0 Å². The molecule has 2 rings (SSSR count). The molecule has 20 heavy (non-hydrogen) atoms. The van der Waals surface area contributed by atoms with Gasteiger partial charge in [-0.2, -0.15) is 0 Å². The Bertz CT molecular complexity index is 526. The minimum atomic E-state index is -0.695. The number of nitrogens with zero attached hydrogens (tertiary/aromatic N) is 1. The molecular weight excluding hydrogens is 252 g/mol. The molecule has 1 N–H and O–H groups in total. The molecule has 4 nitrogen and oxygen atoms in total. The number of carbonyl (C=O) groups is 2. The monoisotopic (exact) mass is 273 g/mol. The topological polar surface area (TPSA) is 50.9 Å². The van der Waals surface area contributed by atoms with Gasteiger partial charge in [-0.25, -0.2) is 0 Å². The maximum absolute atomic E-state index is 12.3. The van der Waals surface area contributed by atoms with E-state index in [1.807, 2.05) is 0 Å². The molecule has 0 radical (unpaired) electrons. The molecule has 0 spiro atoms. The molecule has 1 aromatic carbocycles. The van der Waals surface area contributed by atoms with Gasteiger partial charge >= 0.3 is 0 Å². The molecule has 0 aliphatic heterocycles. The lowest BCUT2D eigenvalue weighted by atomic mass is 9.99. The van der Waals surface area contributed by atoms with Crippen LogP contribution in [0.15, 0.2) is 29.3 Å². The summed E-state index contributed by atoms with van der Waals surface area (Å²) in [4.78, 5) is 30.4. The number of fused-ring (bicyclic) bond motifs is 1. The molecular formula is C16H21N2O2+. The van der Waals surface area contributed by atoms with Crippen molar-refractivity contribution in [3.05, 3.63) is 35.4 Å². The van der Waals surface area contributed by atoms with Crippen LogP contribution in [0, 0.1) is 5.92 Å². The van der Waals surface area contributed by atoms with E-state index in [1.54, 1.807) is 31.2 Å². The predicted molar refractivity (Wildman–Crippen MR) is 78.9 cm³/mol. The first-order valence-electron chi connectivity index (χ1n) is 7.00. The van der Waals surface area contributed by atoms with Crippen molar-refractivity contribution in [1.29, 1.82) is 0 Å². The number of carbonyl (C=O) groups excluding carboxylic acids is 2. The average Bonchev–Trinajstić information content (AvgIpc) is 2.67. The maximum atomic E-state index is 12.3. The molecule has 106 valence electrons. The van der Waals surface area contributed by atoms with Crippen LogP contribution in [0.4, 0.5) is 0 Å². The van der Waals surface area contributed by atoms with Gasteiger partial charge in [-0.3, -0.25) is 14.6 Å². The van der Waals surface area contributed by atoms with Gasteiger partial charge in [-0.15, -0.1) is 0 Å². The van der Waals surface area contributed by atoms with Gasteiger partial charge in [0.05, 0.1) is 20.6 Å². The lowest BCUT2D eigenvalue weighted by Gasteiger charge is -2.08. The quantitative estimate of drug-likeness (QED) is 0.487. The van der Waals surface area contributed by atoms with Crippen LogP contribution in [0.5, 0.6) is 0 Å². The Morgan fingerprint density at radius 1 is 1.15 bits per heavy atom. The van der Waals surface area contributed by atoms with Crippen LogP contribution in [0.25, 0.3) is 0 Å². The molecule has 0 fully saturated rings. The standard InChI is InChI=1S/C16H20N2O2/c1-11(17-9-6-10-18(2)3)14-15(19)12-7-4-5-8-13(12)16(14)20/h4-5,7-8,14H,6,9-10H2,1-3H3/p+1. The number of quaternary nitrogens is 1. The van der Waals surface area contributed by atoms with E-state index >= 15 is 0 Å². The number of benzene rings is 1. The number of ketones is 2. The molecule has 0 saturated heterocycles. The average molecular weight is 273 g/mol. The van der Waals surface area contributed by atoms with Crippen LogP contribution >= 0.6 is 0 Å². The van der Waals surface area contributed by atoms with E-state index in [-0.39, 0.29) is 11.6 Å². The highest BCUT2D eigenvalue weighted by molar-refractivity contribution is 6.36. The molecule has 1 aliphatic carbocycles. The van der Waals surface area contributed by atoms with Crippen LogP contribution in [-0.4, -0.2) is 44.5 Å². The summed E-state index contributed by atoms with van der Waals surface area (Å²) in [5, 5.41) is 0. The first kappa shape index (κ1) is 14.6. The van der Waals surface area contributed by atoms with Crippen molar-refractivity contribution in [1.82, 2.24) is 0 Å². The molecule has 0 bridgehead atoms. The summed E-state index contributed by atoms with van der Waals surface area (Å²) in [5.41, 5.74) is 1.72. The van der Waals surface area contributed by atoms with E-state index < -0.39 is 5.92 Å². The van der Waals surface area contributed by atoms with Gasteiger partial charge < -0.3 is 4.90 Å². The summed E-state index contributed by atoms with van der Waals surface area (Å²) in [6, 6.07) is 7.02. The first-order valence-corrected chi connectivity index (χ1v) is 7.00. The van der Waals surface area contributed by atoms with E-state index in [0.29, 0.717) is 23.4 Å². The normalized spacial score (nSPS) is 16.1. The summed E-state index contributed by atoms with van der Waals surface area (Å²) in [6.45, 7) is 3.49. The fraction of sp³-hybridized carbons (Fsp3) is 0.438. The molecule has 0 amide bonds. The summed E-state index contributed by atoms with van der Waals surface area (Å²) in [6.07, 6.45) is 0.960. The summed E-state index contributed by atoms with van der Waals surface area (Å²) in [7, 11) is 4.19. The third kappa shape index (κ3) is 2.85. The van der Waals surface area contributed by atoms with Gasteiger partial charge in [-0.1, -0.05) is 24.3 Å². The van der Waals surface area contributed by atoms with Crippen molar-refractivity contribution in [3.8, 4) is 0 Å². The Morgan fingerprint density at radius 2 is 1.70 bits per heavy atom. The fourth-order valence-electron chi connectivity index (χ4n) is 2.50. The zero-order chi connectivity index (χ0) is 14.7. The Balaban J connectivity index is 2.09. The Hall–Kier alpha value is -1.81. The van der Waals surface area contributed by atoms with Gasteiger partial charge in [0.2, 0.25) is 0 Å². The summed E-state index contributed by atoms with van der Waals surface area (Å²) < 4.78 is 0. The van der Waals surface area contributed by atoms with Crippen LogP contribution in [-0.2, 0) is 0 Å². The first-order chi connectivity index (χ1) is 9.52. The number of hydrogen-bond acceptors (Lipinski definition) is 3. The molecule has 1 aromatic rings. The summed E-state index contributed by atoms with van der Waals surface area (Å²) >= 11 is 0. The zero-order valence-corrected chi connectivity index (χ0v) is 12.3. The van der Waals surface area contributed by atoms with Gasteiger partial charge in [0, 0.05) is 29.8 Å². The lowest BCUT2D eigenvalue weighted by Crippen LogP contribution is -3.05. The number of nitrogens with one attached hydrogen (secondary N) is 1. The van der Waals surface area contributed by atoms with E-state index in [2.05, 4.69) is 19.1 Å². The molecule has 0 saturated carbocycles. The Morgan fingerprint density at radius 3 is 2.20 bits per heavy atom. The predicted octanol–water partition coefficient (Wildman–Crippen LogP) is 0.677. The zero-order valence-electron chi connectivity index (χ0n) is 12.3. The minimum Gasteiger partial charge on any atom is -0.340 e. The Kier molecular flexibility index (Phi) is 4.45. The van der Waals surface area contributed by atoms with Crippen molar-refractivity contribution < 1.29 is 14.5 Å². The second-order valence-corrected chi connectivity index (χ2v) is 5.54. The second kappa shape index (κ2) is 6.09. The van der Waals surface area contributed by atoms with Gasteiger partial charge in [0.15, 0.2) is 11.6 Å². The molecule has 0 unspecified atom stereocenters. The third-order valence-corrected chi connectivity index (χ3v) is 3.60. The maximum Gasteiger partial charge on any atom is 0.180 e. The van der Waals surface area contributed by atoms with Crippen LogP contribution in [0.1, 0.15) is 34.1 Å². The Labute approximate surface area is 119 Å². The molecule has 0 aromatic heterocycles. The van der Waals surface area contributed by atoms with Crippen molar-refractivity contribution in [2.24, 2.45) is 10.9 Å². The van der Waals surface area contributed by atoms with Gasteiger partial charge in [-0.05, 0) is 6.92 Å². The van der Waals surface area contributed by atoms with Crippen molar-refractivity contribution in [3.63, 3.8) is 0 Å². The molecule has 0 heterocycles. The highest BCUT2D eigenvalue weighted by Gasteiger charge is 2.39. The number of Topliss-reactive ketones (excluding diaryl/α,β-unsaturated/α-hetero) is 2. The number of rotatable bonds is 5. The van der Waals surface area contributed by atoms with Gasteiger partial charge in [0.1, 0.15) is 5.92 Å². The third-order valence-electron chi connectivity index (χ3n) is 3.60. The molecule has 0 atom stereocenters. The number of hydrogen-bond donors (Lipinski definition) is 1. The number of aliphatic imine (C=N–C) groups is 1. The highest BCUT2D eigenvalue weighted by Crippen LogP contribution is 2.27. The minimum absolute atomic E-state index is 0.106. The van der Waals surface area contributed by atoms with Crippen LogP contribution in [0.3, 0.4) is 0 Å². The smallest absolute Gasteiger partial charge is 0.180 e. The van der Waals surface area contributed by atoms with E-state index in [9.17, 15) is 9.59 Å². The molecule has 1 aliphatic rings. The lowest BCUT2D eigenvalue weighted by molar-refractivity contribution is -0.858. The van der Waals surface area contributed by atoms with Gasteiger partial charge in [0.25, 0.3) is 0 Å². The van der Waals surface area contributed by atoms with Crippen molar-refractivity contribution in [2.45, 2.75) is 13.3 Å². The van der Waals surface area contributed by atoms with Crippen molar-refractivity contribution in [2.75, 3.05) is 27.2 Å².